The van der Waals surface area contributed by atoms with Crippen molar-refractivity contribution < 1.29 is 35.6 Å². The highest BCUT2D eigenvalue weighted by molar-refractivity contribution is 6.62. The molecule has 0 aromatic heterocycles. The zero-order chi connectivity index (χ0) is 17.2. The van der Waals surface area contributed by atoms with Gasteiger partial charge < -0.3 is 22.6 Å². The Morgan fingerprint density at radius 2 is 1.59 bits per heavy atom. The van der Waals surface area contributed by atoms with Gasteiger partial charge in [0, 0.05) is 13.1 Å². The summed E-state index contributed by atoms with van der Waals surface area (Å²) < 4.78 is 84.0. The summed E-state index contributed by atoms with van der Waals surface area (Å²) in [6.45, 7) is -2.53. The van der Waals surface area contributed by atoms with Crippen molar-refractivity contribution in [3.63, 3.8) is 0 Å². The number of carbonyl (C=O) groups is 1. The summed E-state index contributed by atoms with van der Waals surface area (Å²) in [6.07, 6.45) is -7.90. The Kier molecular flexibility index (Phi) is 3.51. The molecule has 3 fully saturated rings. The Hall–Kier alpha value is -1.09. The number of hydrogen-bond donors (Lipinski definition) is 0. The van der Waals surface area contributed by atoms with E-state index in [2.05, 4.69) is 0 Å². The van der Waals surface area contributed by atoms with Gasteiger partial charge in [0.2, 0.25) is 0 Å². The Balaban J connectivity index is 2.27. The van der Waals surface area contributed by atoms with Gasteiger partial charge >= 0.3 is 19.2 Å². The second kappa shape index (κ2) is 4.47. The average molecular weight is 332 g/mol. The van der Waals surface area contributed by atoms with Gasteiger partial charge in [0.1, 0.15) is 5.60 Å². The molecule has 1 amide bonds. The highest BCUT2D eigenvalue weighted by Crippen LogP contribution is 2.73. The minimum atomic E-state index is -5.49. The van der Waals surface area contributed by atoms with Crippen LogP contribution in [0.15, 0.2) is 0 Å². The third-order valence-electron chi connectivity index (χ3n) is 4.33. The van der Waals surface area contributed by atoms with Crippen LogP contribution in [0.3, 0.4) is 0 Å². The van der Waals surface area contributed by atoms with E-state index in [1.54, 1.807) is 0 Å². The number of piperidine rings is 2. The van der Waals surface area contributed by atoms with Crippen molar-refractivity contribution in [2.75, 3.05) is 13.1 Å². The molecular weight excluding hydrogens is 315 g/mol. The summed E-state index contributed by atoms with van der Waals surface area (Å²) in [4.78, 5) is 12.5. The molecule has 3 rings (SSSR count). The molecule has 10 heteroatoms. The largest absolute Gasteiger partial charge is 0.486 e. The van der Waals surface area contributed by atoms with Gasteiger partial charge in [-0.25, -0.2) is 4.79 Å². The van der Waals surface area contributed by atoms with Crippen LogP contribution in [0, 0.1) is 5.41 Å². The van der Waals surface area contributed by atoms with Crippen LogP contribution in [0.1, 0.15) is 33.6 Å². The smallest absolute Gasteiger partial charge is 0.448 e. The lowest BCUT2D eigenvalue weighted by molar-refractivity contribution is -0.282. The molecule has 3 nitrogen and oxygen atoms in total. The summed E-state index contributed by atoms with van der Waals surface area (Å²) in [5.41, 5.74) is -3.46. The Labute approximate surface area is 124 Å². The van der Waals surface area contributed by atoms with E-state index in [0.29, 0.717) is 4.90 Å². The van der Waals surface area contributed by atoms with Crippen molar-refractivity contribution in [3.05, 3.63) is 0 Å². The van der Waals surface area contributed by atoms with E-state index >= 15 is 0 Å². The maximum atomic E-state index is 13.2. The van der Waals surface area contributed by atoms with Crippen LogP contribution in [0.2, 0.25) is 5.31 Å². The molecule has 0 aromatic carbocycles. The van der Waals surface area contributed by atoms with Crippen molar-refractivity contribution in [3.8, 4) is 0 Å². The molecule has 22 heavy (non-hydrogen) atoms. The monoisotopic (exact) mass is 332 g/mol. The zero-order valence-corrected chi connectivity index (χ0v) is 12.4. The van der Waals surface area contributed by atoms with Gasteiger partial charge in [0.15, 0.2) is 0 Å². The fourth-order valence-corrected chi connectivity index (χ4v) is 3.40. The summed E-state index contributed by atoms with van der Waals surface area (Å²) in [5, 5.41) is -2.43. The molecule has 3 aliphatic rings. The predicted molar refractivity (Wildman–Crippen MR) is 67.3 cm³/mol. The van der Waals surface area contributed by atoms with Crippen molar-refractivity contribution in [1.82, 2.24) is 4.90 Å². The first-order valence-corrected chi connectivity index (χ1v) is 6.85. The van der Waals surface area contributed by atoms with Crippen molar-refractivity contribution in [2.45, 2.75) is 50.7 Å². The highest BCUT2D eigenvalue weighted by Gasteiger charge is 2.75. The molecule has 128 valence electrons. The van der Waals surface area contributed by atoms with Crippen LogP contribution in [0.25, 0.3) is 0 Å². The summed E-state index contributed by atoms with van der Waals surface area (Å²) >= 11 is 0. The van der Waals surface area contributed by atoms with Crippen LogP contribution in [-0.4, -0.2) is 42.8 Å². The van der Waals surface area contributed by atoms with Gasteiger partial charge in [0.05, 0.1) is 5.41 Å². The van der Waals surface area contributed by atoms with E-state index in [0.717, 1.165) is 0 Å². The van der Waals surface area contributed by atoms with Gasteiger partial charge in [0.25, 0.3) is 0 Å². The average Bonchev–Trinajstić information content (AvgIpc) is 2.22. The fraction of sp³-hybridized carbons (Fsp3) is 0.917. The first kappa shape index (κ1) is 17.3. The first-order valence-electron chi connectivity index (χ1n) is 6.85. The van der Waals surface area contributed by atoms with E-state index in [-0.39, 0.29) is 0 Å². The molecule has 0 N–H and O–H groups in total. The van der Waals surface area contributed by atoms with Gasteiger partial charge in [-0.3, -0.25) is 0 Å². The van der Waals surface area contributed by atoms with Crippen LogP contribution < -0.4 is 0 Å². The van der Waals surface area contributed by atoms with Crippen LogP contribution in [0.4, 0.5) is 30.9 Å². The minimum absolute atomic E-state index is 0.557. The standard InChI is InChI=1S/C12H17BF6NO2/c1-9(2,3)22-8(21)20-6-10(12(14,15)16)4-11(5-10,7-20)13(17,18)19/h4-7H2,1-3H3/q-1. The quantitative estimate of drug-likeness (QED) is 0.533. The highest BCUT2D eigenvalue weighted by atomic mass is 19.4. The third-order valence-corrected chi connectivity index (χ3v) is 4.33. The van der Waals surface area contributed by atoms with Crippen molar-refractivity contribution in [1.29, 1.82) is 0 Å². The number of halogens is 6. The third kappa shape index (κ3) is 2.64. The van der Waals surface area contributed by atoms with Gasteiger partial charge in [-0.05, 0) is 26.1 Å². The second-order valence-corrected chi connectivity index (χ2v) is 7.41. The Morgan fingerprint density at radius 3 is 1.95 bits per heavy atom. The topological polar surface area (TPSA) is 29.5 Å². The molecule has 1 saturated carbocycles. The molecule has 0 spiro atoms. The van der Waals surface area contributed by atoms with Gasteiger partial charge in [-0.2, -0.15) is 13.2 Å². The Bertz CT molecular complexity index is 447. The van der Waals surface area contributed by atoms with E-state index < -0.39 is 61.5 Å². The van der Waals surface area contributed by atoms with E-state index in [4.69, 9.17) is 4.74 Å². The lowest BCUT2D eigenvalue weighted by Crippen LogP contribution is -2.70. The first-order chi connectivity index (χ1) is 9.61. The number of alkyl halides is 3. The van der Waals surface area contributed by atoms with Crippen LogP contribution in [0.5, 0.6) is 0 Å². The van der Waals surface area contributed by atoms with E-state index in [1.807, 2.05) is 0 Å². The molecule has 0 aromatic rings. The molecule has 2 saturated heterocycles. The maximum Gasteiger partial charge on any atom is 0.486 e. The van der Waals surface area contributed by atoms with E-state index in [1.165, 1.54) is 20.8 Å². The number of nitrogens with zero attached hydrogens (tertiary/aromatic N) is 1. The molecule has 2 aliphatic heterocycles. The lowest BCUT2D eigenvalue weighted by Gasteiger charge is -2.67. The number of carbonyl (C=O) groups excluding carboxylic acids is 1. The number of fused-ring (bicyclic) bond motifs is 2. The van der Waals surface area contributed by atoms with Crippen molar-refractivity contribution in [2.24, 2.45) is 5.41 Å². The van der Waals surface area contributed by atoms with Crippen LogP contribution in [-0.2, 0) is 4.74 Å². The molecule has 1 aliphatic carbocycles. The molecule has 0 radical (unpaired) electrons. The van der Waals surface area contributed by atoms with E-state index in [9.17, 15) is 30.9 Å². The summed E-state index contributed by atoms with van der Waals surface area (Å²) in [6, 6.07) is 0. The molecule has 2 heterocycles. The predicted octanol–water partition coefficient (Wildman–Crippen LogP) is 4.17. The van der Waals surface area contributed by atoms with Gasteiger partial charge in [-0.15, -0.1) is 0 Å². The number of rotatable bonds is 1. The van der Waals surface area contributed by atoms with Gasteiger partial charge in [-0.1, -0.05) is 12.8 Å². The Morgan fingerprint density at radius 1 is 1.09 bits per heavy atom. The molecule has 0 atom stereocenters. The minimum Gasteiger partial charge on any atom is -0.448 e. The summed E-state index contributed by atoms with van der Waals surface area (Å²) in [7, 11) is 0. The van der Waals surface area contributed by atoms with Crippen LogP contribution >= 0.6 is 0 Å². The normalized spacial score (nSPS) is 32.5. The lowest BCUT2D eigenvalue weighted by atomic mass is 9.36. The summed E-state index contributed by atoms with van der Waals surface area (Å²) in [5.74, 6) is 0. The van der Waals surface area contributed by atoms with Crippen molar-refractivity contribution >= 4 is 13.1 Å². The number of hydrogen-bond acceptors (Lipinski definition) is 2. The second-order valence-electron chi connectivity index (χ2n) is 7.41. The SMILES string of the molecule is CC(C)(C)OC(=O)N1CC2([B-](F)(F)F)CC(C(F)(F)F)(C1)C2. The number of ether oxygens (including phenoxy) is 1. The fourth-order valence-electron chi connectivity index (χ4n) is 3.40. The molecule has 2 bridgehead atoms. The zero-order valence-electron chi connectivity index (χ0n) is 12.4. The maximum absolute atomic E-state index is 13.2. The number of amides is 1. The molecule has 0 unspecified atom stereocenters. The molecular formula is C12H17BF6NO2-.